The largest absolute Gasteiger partial charge is 0.484 e. The van der Waals surface area contributed by atoms with Gasteiger partial charge in [0.25, 0.3) is 11.8 Å². The van der Waals surface area contributed by atoms with E-state index in [1.807, 2.05) is 0 Å². The van der Waals surface area contributed by atoms with Crippen molar-refractivity contribution in [2.75, 3.05) is 17.2 Å². The van der Waals surface area contributed by atoms with Gasteiger partial charge in [-0.3, -0.25) is 14.4 Å². The molecule has 0 bridgehead atoms. The zero-order chi connectivity index (χ0) is 18.5. The van der Waals surface area contributed by atoms with Crippen molar-refractivity contribution in [3.8, 4) is 5.75 Å². The molecule has 0 unspecified atom stereocenters. The van der Waals surface area contributed by atoms with Crippen LogP contribution in [0, 0.1) is 5.92 Å². The zero-order valence-corrected chi connectivity index (χ0v) is 14.0. The molecule has 26 heavy (non-hydrogen) atoms. The van der Waals surface area contributed by atoms with Crippen molar-refractivity contribution >= 4 is 29.1 Å². The summed E-state index contributed by atoms with van der Waals surface area (Å²) < 4.78 is 5.16. The zero-order valence-electron chi connectivity index (χ0n) is 14.0. The molecule has 1 saturated carbocycles. The van der Waals surface area contributed by atoms with E-state index in [4.69, 9.17) is 10.5 Å². The molecule has 1 aliphatic carbocycles. The van der Waals surface area contributed by atoms with Gasteiger partial charge in [0.05, 0.1) is 0 Å². The Kier molecular flexibility index (Phi) is 5.17. The fraction of sp³-hybridized carbons (Fsp3) is 0.211. The van der Waals surface area contributed by atoms with Crippen LogP contribution in [0.5, 0.6) is 5.75 Å². The number of carbonyl (C=O) groups excluding carboxylic acids is 3. The summed E-state index contributed by atoms with van der Waals surface area (Å²) in [5.74, 6) is -0.280. The van der Waals surface area contributed by atoms with Crippen molar-refractivity contribution in [3.05, 3.63) is 54.1 Å². The van der Waals surface area contributed by atoms with Gasteiger partial charge < -0.3 is 21.1 Å². The smallest absolute Gasteiger partial charge is 0.255 e. The second-order valence-electron chi connectivity index (χ2n) is 6.08. The Bertz CT molecular complexity index is 829. The molecular weight excluding hydrogens is 334 g/mol. The van der Waals surface area contributed by atoms with E-state index in [1.165, 1.54) is 0 Å². The average molecular weight is 353 g/mol. The third-order valence-electron chi connectivity index (χ3n) is 3.83. The summed E-state index contributed by atoms with van der Waals surface area (Å²) in [5.41, 5.74) is 6.63. The highest BCUT2D eigenvalue weighted by atomic mass is 16.5. The summed E-state index contributed by atoms with van der Waals surface area (Å²) in [6, 6.07) is 13.4. The molecule has 3 rings (SSSR count). The number of hydrogen-bond acceptors (Lipinski definition) is 4. The molecule has 1 fully saturated rings. The topological polar surface area (TPSA) is 111 Å². The number of hydrogen-bond donors (Lipinski definition) is 3. The quantitative estimate of drug-likeness (QED) is 0.708. The molecule has 2 aromatic carbocycles. The standard InChI is InChI=1S/C19H19N3O4/c20-17(23)11-26-16-8-6-14(7-9-16)21-19(25)13-2-1-3-15(10-13)22-18(24)12-4-5-12/h1-3,6-10,12H,4-5,11H2,(H2,20,23)(H,21,25)(H,22,24). The first kappa shape index (κ1) is 17.5. The molecule has 0 radical (unpaired) electrons. The number of anilines is 2. The Labute approximate surface area is 150 Å². The maximum Gasteiger partial charge on any atom is 0.255 e. The molecule has 0 heterocycles. The molecule has 0 atom stereocenters. The maximum atomic E-state index is 12.4. The lowest BCUT2D eigenvalue weighted by Crippen LogP contribution is -2.20. The summed E-state index contributed by atoms with van der Waals surface area (Å²) in [6.07, 6.45) is 1.84. The second-order valence-corrected chi connectivity index (χ2v) is 6.08. The molecule has 2 aromatic rings. The summed E-state index contributed by atoms with van der Waals surface area (Å²) in [5, 5.41) is 5.59. The van der Waals surface area contributed by atoms with Crippen LogP contribution in [0.25, 0.3) is 0 Å². The van der Waals surface area contributed by atoms with Crippen LogP contribution in [-0.2, 0) is 9.59 Å². The predicted molar refractivity (Wildman–Crippen MR) is 96.9 cm³/mol. The lowest BCUT2D eigenvalue weighted by molar-refractivity contribution is -0.120. The summed E-state index contributed by atoms with van der Waals surface area (Å²) in [4.78, 5) is 34.9. The van der Waals surface area contributed by atoms with Gasteiger partial charge in [-0.2, -0.15) is 0 Å². The Balaban J connectivity index is 1.60. The molecule has 0 spiro atoms. The van der Waals surface area contributed by atoms with Crippen LogP contribution in [0.2, 0.25) is 0 Å². The normalized spacial score (nSPS) is 12.9. The van der Waals surface area contributed by atoms with Crippen LogP contribution in [0.15, 0.2) is 48.5 Å². The first-order valence-corrected chi connectivity index (χ1v) is 8.25. The Morgan fingerprint density at radius 1 is 1.00 bits per heavy atom. The predicted octanol–water partition coefficient (Wildman–Crippen LogP) is 2.15. The fourth-order valence-electron chi connectivity index (χ4n) is 2.32. The number of primary amides is 1. The molecular formula is C19H19N3O4. The molecule has 0 aromatic heterocycles. The number of carbonyl (C=O) groups is 3. The molecule has 7 nitrogen and oxygen atoms in total. The van der Waals surface area contributed by atoms with Crippen molar-refractivity contribution in [3.63, 3.8) is 0 Å². The average Bonchev–Trinajstić information content (AvgIpc) is 3.46. The Morgan fingerprint density at radius 2 is 1.73 bits per heavy atom. The van der Waals surface area contributed by atoms with Crippen molar-refractivity contribution in [2.24, 2.45) is 11.7 Å². The number of benzene rings is 2. The van der Waals surface area contributed by atoms with Gasteiger partial charge in [-0.15, -0.1) is 0 Å². The summed E-state index contributed by atoms with van der Waals surface area (Å²) in [6.45, 7) is -0.203. The van der Waals surface area contributed by atoms with E-state index in [0.717, 1.165) is 12.8 Å². The molecule has 4 N–H and O–H groups in total. The van der Waals surface area contributed by atoms with Crippen LogP contribution < -0.4 is 21.1 Å². The minimum atomic E-state index is -0.559. The van der Waals surface area contributed by atoms with E-state index in [-0.39, 0.29) is 24.3 Å². The Morgan fingerprint density at radius 3 is 2.38 bits per heavy atom. The number of nitrogens with two attached hydrogens (primary N) is 1. The highest BCUT2D eigenvalue weighted by molar-refractivity contribution is 6.05. The van der Waals surface area contributed by atoms with Gasteiger partial charge in [-0.25, -0.2) is 0 Å². The Hall–Kier alpha value is -3.35. The first-order chi connectivity index (χ1) is 12.5. The third-order valence-corrected chi connectivity index (χ3v) is 3.83. The lowest BCUT2D eigenvalue weighted by Gasteiger charge is -2.09. The van der Waals surface area contributed by atoms with E-state index in [1.54, 1.807) is 48.5 Å². The van der Waals surface area contributed by atoms with Crippen LogP contribution in [0.1, 0.15) is 23.2 Å². The van der Waals surface area contributed by atoms with Gasteiger partial charge in [-0.1, -0.05) is 6.07 Å². The van der Waals surface area contributed by atoms with Gasteiger partial charge in [0.15, 0.2) is 6.61 Å². The van der Waals surface area contributed by atoms with Crippen molar-refractivity contribution in [1.29, 1.82) is 0 Å². The van der Waals surface area contributed by atoms with Crippen LogP contribution in [0.4, 0.5) is 11.4 Å². The van der Waals surface area contributed by atoms with Gasteiger partial charge >= 0.3 is 0 Å². The SMILES string of the molecule is NC(=O)COc1ccc(NC(=O)c2cccc(NC(=O)C3CC3)c2)cc1. The number of rotatable bonds is 7. The summed E-state index contributed by atoms with van der Waals surface area (Å²) in [7, 11) is 0. The highest BCUT2D eigenvalue weighted by Crippen LogP contribution is 2.30. The molecule has 3 amide bonds. The first-order valence-electron chi connectivity index (χ1n) is 8.25. The number of ether oxygens (including phenoxy) is 1. The molecule has 134 valence electrons. The van der Waals surface area contributed by atoms with E-state index in [2.05, 4.69) is 10.6 Å². The third kappa shape index (κ3) is 4.83. The fourth-order valence-corrected chi connectivity index (χ4v) is 2.32. The summed E-state index contributed by atoms with van der Waals surface area (Å²) >= 11 is 0. The molecule has 7 heteroatoms. The molecule has 0 aliphatic heterocycles. The minimum absolute atomic E-state index is 0.00546. The highest BCUT2D eigenvalue weighted by Gasteiger charge is 2.29. The van der Waals surface area contributed by atoms with E-state index in [9.17, 15) is 14.4 Å². The molecule has 0 saturated heterocycles. The number of amides is 3. The second kappa shape index (κ2) is 7.69. The minimum Gasteiger partial charge on any atom is -0.484 e. The van der Waals surface area contributed by atoms with E-state index in [0.29, 0.717) is 22.7 Å². The van der Waals surface area contributed by atoms with Gasteiger partial charge in [0.1, 0.15) is 5.75 Å². The van der Waals surface area contributed by atoms with Gasteiger partial charge in [0, 0.05) is 22.9 Å². The van der Waals surface area contributed by atoms with Crippen molar-refractivity contribution < 1.29 is 19.1 Å². The maximum absolute atomic E-state index is 12.4. The van der Waals surface area contributed by atoms with Crippen molar-refractivity contribution in [1.82, 2.24) is 0 Å². The number of nitrogens with one attached hydrogen (secondary N) is 2. The van der Waals surface area contributed by atoms with Crippen LogP contribution >= 0.6 is 0 Å². The van der Waals surface area contributed by atoms with E-state index < -0.39 is 5.91 Å². The van der Waals surface area contributed by atoms with E-state index >= 15 is 0 Å². The van der Waals surface area contributed by atoms with Crippen LogP contribution in [-0.4, -0.2) is 24.3 Å². The lowest BCUT2D eigenvalue weighted by atomic mass is 10.1. The monoisotopic (exact) mass is 353 g/mol. The van der Waals surface area contributed by atoms with Crippen LogP contribution in [0.3, 0.4) is 0 Å². The molecule has 1 aliphatic rings. The van der Waals surface area contributed by atoms with Crippen molar-refractivity contribution in [2.45, 2.75) is 12.8 Å². The van der Waals surface area contributed by atoms with Gasteiger partial charge in [0.2, 0.25) is 5.91 Å². The van der Waals surface area contributed by atoms with Gasteiger partial charge in [-0.05, 0) is 55.3 Å².